The lowest BCUT2D eigenvalue weighted by atomic mass is 10.00. The van der Waals surface area contributed by atoms with Gasteiger partial charge in [-0.05, 0) is 29.3 Å². The van der Waals surface area contributed by atoms with E-state index in [1.54, 1.807) is 28.8 Å². The van der Waals surface area contributed by atoms with Gasteiger partial charge >= 0.3 is 5.97 Å². The second-order valence-corrected chi connectivity index (χ2v) is 6.98. The fourth-order valence-electron chi connectivity index (χ4n) is 2.82. The number of aliphatic carboxylic acids is 1. The van der Waals surface area contributed by atoms with Crippen LogP contribution in [0.15, 0.2) is 53.4 Å². The van der Waals surface area contributed by atoms with Gasteiger partial charge in [0, 0.05) is 24.2 Å². The third kappa shape index (κ3) is 4.14. The van der Waals surface area contributed by atoms with Crippen LogP contribution in [-0.2, 0) is 16.1 Å². The molecule has 0 saturated heterocycles. The van der Waals surface area contributed by atoms with E-state index in [1.807, 2.05) is 37.4 Å². The van der Waals surface area contributed by atoms with Gasteiger partial charge in [-0.2, -0.15) is 0 Å². The van der Waals surface area contributed by atoms with Gasteiger partial charge in [0.25, 0.3) is 0 Å². The molecular weight excluding hydrogens is 338 g/mol. The van der Waals surface area contributed by atoms with Gasteiger partial charge < -0.3 is 14.7 Å². The minimum Gasteiger partial charge on any atom is -0.482 e. The van der Waals surface area contributed by atoms with E-state index in [4.69, 9.17) is 9.84 Å². The molecule has 0 fully saturated rings. The molecule has 0 aromatic heterocycles. The average molecular weight is 357 g/mol. The average Bonchev–Trinajstić information content (AvgIpc) is 3.04. The highest BCUT2D eigenvalue weighted by Gasteiger charge is 2.30. The normalized spacial score (nSPS) is 15.5. The van der Waals surface area contributed by atoms with Gasteiger partial charge in [-0.3, -0.25) is 4.79 Å². The summed E-state index contributed by atoms with van der Waals surface area (Å²) in [7, 11) is 1.81. The van der Waals surface area contributed by atoms with Crippen molar-refractivity contribution in [1.29, 1.82) is 0 Å². The Morgan fingerprint density at radius 1 is 1.20 bits per heavy atom. The number of ether oxygens (including phenoxy) is 1. The quantitative estimate of drug-likeness (QED) is 0.861. The number of carboxylic acid groups (broad SMARTS) is 1. The number of benzene rings is 2. The molecule has 1 heterocycles. The number of fused-ring (bicyclic) bond motifs is 1. The Bertz CT molecular complexity index is 775. The number of hydrogen-bond acceptors (Lipinski definition) is 4. The van der Waals surface area contributed by atoms with E-state index in [0.29, 0.717) is 12.3 Å². The van der Waals surface area contributed by atoms with Crippen molar-refractivity contribution in [2.24, 2.45) is 0 Å². The second kappa shape index (κ2) is 7.61. The van der Waals surface area contributed by atoms with Gasteiger partial charge in [-0.1, -0.05) is 30.3 Å². The third-order valence-corrected chi connectivity index (χ3v) is 5.26. The number of rotatable bonds is 6. The van der Waals surface area contributed by atoms with Gasteiger partial charge in [0.2, 0.25) is 5.91 Å². The Kier molecular flexibility index (Phi) is 5.28. The largest absolute Gasteiger partial charge is 0.482 e. The van der Waals surface area contributed by atoms with E-state index in [9.17, 15) is 9.59 Å². The standard InChI is InChI=1S/C19H19NO4S/c1-20(10-13-6-8-14(9-7-13)24-11-18(21)22)19(23)16-12-25-17-5-3-2-4-15(16)17/h2-9,16H,10-12H2,1H3,(H,21,22). The highest BCUT2D eigenvalue weighted by Crippen LogP contribution is 2.40. The molecule has 3 rings (SSSR count). The lowest BCUT2D eigenvalue weighted by Gasteiger charge is -2.21. The van der Waals surface area contributed by atoms with Crippen LogP contribution in [-0.4, -0.2) is 41.3 Å². The molecule has 0 radical (unpaired) electrons. The number of hydrogen-bond donors (Lipinski definition) is 1. The van der Waals surface area contributed by atoms with E-state index in [2.05, 4.69) is 6.07 Å². The fraction of sp³-hybridized carbons (Fsp3) is 0.263. The zero-order valence-corrected chi connectivity index (χ0v) is 14.7. The fourth-order valence-corrected chi connectivity index (χ4v) is 4.04. The summed E-state index contributed by atoms with van der Waals surface area (Å²) in [6, 6.07) is 15.2. The highest BCUT2D eigenvalue weighted by molar-refractivity contribution is 7.99. The lowest BCUT2D eigenvalue weighted by molar-refractivity contribution is -0.139. The summed E-state index contributed by atoms with van der Waals surface area (Å²) >= 11 is 1.73. The molecule has 1 N–H and O–H groups in total. The molecule has 1 aliphatic heterocycles. The van der Waals surface area contributed by atoms with Gasteiger partial charge in [-0.25, -0.2) is 4.79 Å². The van der Waals surface area contributed by atoms with Gasteiger partial charge in [0.15, 0.2) is 6.61 Å². The molecule has 1 aliphatic rings. The van der Waals surface area contributed by atoms with Crippen molar-refractivity contribution in [1.82, 2.24) is 4.90 Å². The minimum atomic E-state index is -1.01. The molecule has 0 aliphatic carbocycles. The number of likely N-dealkylation sites (N-methyl/N-ethyl adjacent to an activating group) is 1. The minimum absolute atomic E-state index is 0.0932. The predicted molar refractivity (Wildman–Crippen MR) is 96.0 cm³/mol. The first-order chi connectivity index (χ1) is 12.0. The molecule has 1 atom stereocenters. The van der Waals surface area contributed by atoms with E-state index in [-0.39, 0.29) is 18.4 Å². The zero-order valence-electron chi connectivity index (χ0n) is 13.8. The maximum Gasteiger partial charge on any atom is 0.341 e. The van der Waals surface area contributed by atoms with Crippen LogP contribution in [0.25, 0.3) is 0 Å². The Hall–Kier alpha value is -2.47. The molecular formula is C19H19NO4S. The van der Waals surface area contributed by atoms with Crippen LogP contribution in [0.5, 0.6) is 5.75 Å². The number of carboxylic acids is 1. The second-order valence-electron chi connectivity index (χ2n) is 5.92. The maximum absolute atomic E-state index is 12.8. The Morgan fingerprint density at radius 2 is 1.92 bits per heavy atom. The van der Waals surface area contributed by atoms with Gasteiger partial charge in [-0.15, -0.1) is 11.8 Å². The number of amides is 1. The van der Waals surface area contributed by atoms with Crippen molar-refractivity contribution in [3.05, 3.63) is 59.7 Å². The maximum atomic E-state index is 12.8. The highest BCUT2D eigenvalue weighted by atomic mass is 32.2. The number of carbonyl (C=O) groups is 2. The van der Waals surface area contributed by atoms with Crippen LogP contribution in [0.1, 0.15) is 17.0 Å². The molecule has 6 heteroatoms. The summed E-state index contributed by atoms with van der Waals surface area (Å²) in [4.78, 5) is 26.2. The number of nitrogens with zero attached hydrogens (tertiary/aromatic N) is 1. The lowest BCUT2D eigenvalue weighted by Crippen LogP contribution is -2.31. The van der Waals surface area contributed by atoms with Gasteiger partial charge in [0.1, 0.15) is 5.75 Å². The zero-order chi connectivity index (χ0) is 17.8. The van der Waals surface area contributed by atoms with Crippen LogP contribution >= 0.6 is 11.8 Å². The van der Waals surface area contributed by atoms with E-state index < -0.39 is 5.97 Å². The van der Waals surface area contributed by atoms with Crippen molar-refractivity contribution in [2.75, 3.05) is 19.4 Å². The van der Waals surface area contributed by atoms with Crippen LogP contribution in [0, 0.1) is 0 Å². The summed E-state index contributed by atoms with van der Waals surface area (Å²) in [5.41, 5.74) is 2.08. The van der Waals surface area contributed by atoms with Crippen molar-refractivity contribution < 1.29 is 19.4 Å². The number of carbonyl (C=O) groups excluding carboxylic acids is 1. The monoisotopic (exact) mass is 357 g/mol. The first kappa shape index (κ1) is 17.4. The van der Waals surface area contributed by atoms with Crippen molar-refractivity contribution >= 4 is 23.6 Å². The van der Waals surface area contributed by atoms with Crippen LogP contribution < -0.4 is 4.74 Å². The number of thioether (sulfide) groups is 1. The summed E-state index contributed by atoms with van der Waals surface area (Å²) < 4.78 is 5.11. The molecule has 0 saturated carbocycles. The summed E-state index contributed by atoms with van der Waals surface area (Å²) in [6.45, 7) is 0.137. The van der Waals surface area contributed by atoms with Crippen molar-refractivity contribution in [2.45, 2.75) is 17.4 Å². The van der Waals surface area contributed by atoms with Crippen molar-refractivity contribution in [3.8, 4) is 5.75 Å². The molecule has 25 heavy (non-hydrogen) atoms. The van der Waals surface area contributed by atoms with E-state index >= 15 is 0 Å². The Balaban J connectivity index is 1.61. The first-order valence-corrected chi connectivity index (χ1v) is 8.93. The summed E-state index contributed by atoms with van der Waals surface area (Å²) in [5.74, 6) is 0.295. The first-order valence-electron chi connectivity index (χ1n) is 7.95. The van der Waals surface area contributed by atoms with Crippen LogP contribution in [0.2, 0.25) is 0 Å². The molecule has 2 aromatic rings. The smallest absolute Gasteiger partial charge is 0.341 e. The molecule has 0 bridgehead atoms. The summed E-state index contributed by atoms with van der Waals surface area (Å²) in [5, 5.41) is 8.61. The van der Waals surface area contributed by atoms with Gasteiger partial charge in [0.05, 0.1) is 5.92 Å². The van der Waals surface area contributed by atoms with Crippen LogP contribution in [0.4, 0.5) is 0 Å². The third-order valence-electron chi connectivity index (χ3n) is 4.08. The Morgan fingerprint density at radius 3 is 2.64 bits per heavy atom. The Labute approximate surface area is 150 Å². The summed E-state index contributed by atoms with van der Waals surface area (Å²) in [6.07, 6.45) is 0. The topological polar surface area (TPSA) is 66.8 Å². The molecule has 1 amide bonds. The molecule has 1 unspecified atom stereocenters. The molecule has 2 aromatic carbocycles. The van der Waals surface area contributed by atoms with E-state index in [0.717, 1.165) is 16.9 Å². The van der Waals surface area contributed by atoms with Crippen LogP contribution in [0.3, 0.4) is 0 Å². The van der Waals surface area contributed by atoms with E-state index in [1.165, 1.54) is 4.90 Å². The van der Waals surface area contributed by atoms with Crippen molar-refractivity contribution in [3.63, 3.8) is 0 Å². The predicted octanol–water partition coefficient (Wildman–Crippen LogP) is 3.00. The molecule has 5 nitrogen and oxygen atoms in total. The SMILES string of the molecule is CN(Cc1ccc(OCC(=O)O)cc1)C(=O)C1CSc2ccccc21. The molecule has 130 valence electrons. The molecule has 0 spiro atoms.